The molecule has 1 heterocycles. The first-order chi connectivity index (χ1) is 12.5. The number of carbonyl (C=O) groups is 3. The van der Waals surface area contributed by atoms with Crippen molar-refractivity contribution >= 4 is 17.9 Å². The number of aliphatic hydroxyl groups excluding tert-OH is 1. The SMILES string of the molecule is C=C1C(=O)O[C@@H]2C3=C(C)[C@H](O)C[C@H]3[C@](C)(O)[C@H](OC(C)=O)[C@H](OC(C)=O)[C@H]12. The van der Waals surface area contributed by atoms with Gasteiger partial charge < -0.3 is 24.4 Å². The van der Waals surface area contributed by atoms with Crippen LogP contribution in [0.4, 0.5) is 0 Å². The zero-order chi connectivity index (χ0) is 20.3. The van der Waals surface area contributed by atoms with Crippen molar-refractivity contribution in [3.05, 3.63) is 23.3 Å². The Labute approximate surface area is 156 Å². The number of hydrogen-bond acceptors (Lipinski definition) is 8. The second-order valence-corrected chi connectivity index (χ2v) is 7.65. The second kappa shape index (κ2) is 6.45. The Bertz CT molecular complexity index is 749. The standard InChI is InChI=1S/C19H24O8/c1-7-12(22)6-11-13(7)15-14(8(2)18(23)27-15)16(25-9(3)20)17(19(11,5)24)26-10(4)21/h11-12,14-17,22,24H,2,6H2,1,3-5H3/t11-,12-,14-,15-,16-,17-,19+/m1/s1. The summed E-state index contributed by atoms with van der Waals surface area (Å²) in [6.45, 7) is 9.31. The van der Waals surface area contributed by atoms with Crippen LogP contribution in [-0.4, -0.2) is 58.1 Å². The Hall–Kier alpha value is -2.19. The monoisotopic (exact) mass is 380 g/mol. The van der Waals surface area contributed by atoms with Gasteiger partial charge in [0.2, 0.25) is 0 Å². The minimum absolute atomic E-state index is 0.0709. The van der Waals surface area contributed by atoms with Crippen molar-refractivity contribution in [3.8, 4) is 0 Å². The van der Waals surface area contributed by atoms with Gasteiger partial charge in [0.25, 0.3) is 0 Å². The van der Waals surface area contributed by atoms with Crippen LogP contribution in [0.15, 0.2) is 23.3 Å². The minimum Gasteiger partial charge on any atom is -0.458 e. The molecule has 2 aliphatic carbocycles. The van der Waals surface area contributed by atoms with Crippen molar-refractivity contribution in [1.82, 2.24) is 0 Å². The molecule has 7 atom stereocenters. The lowest BCUT2D eigenvalue weighted by Crippen LogP contribution is -2.55. The Balaban J connectivity index is 2.23. The molecule has 1 saturated heterocycles. The van der Waals surface area contributed by atoms with E-state index in [0.717, 1.165) is 0 Å². The number of rotatable bonds is 2. The van der Waals surface area contributed by atoms with Gasteiger partial charge in [-0.3, -0.25) is 9.59 Å². The summed E-state index contributed by atoms with van der Waals surface area (Å²) in [5, 5.41) is 21.7. The Morgan fingerprint density at radius 3 is 2.41 bits per heavy atom. The summed E-state index contributed by atoms with van der Waals surface area (Å²) in [5.41, 5.74) is -0.447. The molecule has 2 fully saturated rings. The maximum Gasteiger partial charge on any atom is 0.334 e. The molecule has 1 saturated carbocycles. The summed E-state index contributed by atoms with van der Waals surface area (Å²) in [7, 11) is 0. The van der Waals surface area contributed by atoms with Crippen LogP contribution in [0.3, 0.4) is 0 Å². The van der Waals surface area contributed by atoms with Crippen LogP contribution in [0.25, 0.3) is 0 Å². The largest absolute Gasteiger partial charge is 0.458 e. The van der Waals surface area contributed by atoms with Crippen molar-refractivity contribution in [1.29, 1.82) is 0 Å². The van der Waals surface area contributed by atoms with Gasteiger partial charge in [-0.15, -0.1) is 0 Å². The molecule has 8 nitrogen and oxygen atoms in total. The number of aliphatic hydroxyl groups is 2. The van der Waals surface area contributed by atoms with Crippen LogP contribution < -0.4 is 0 Å². The van der Waals surface area contributed by atoms with Crippen LogP contribution in [0.1, 0.15) is 34.1 Å². The lowest BCUT2D eigenvalue weighted by Gasteiger charge is -2.39. The third kappa shape index (κ3) is 2.96. The van der Waals surface area contributed by atoms with Crippen molar-refractivity contribution < 1.29 is 38.8 Å². The van der Waals surface area contributed by atoms with Crippen molar-refractivity contribution in [3.63, 3.8) is 0 Å². The van der Waals surface area contributed by atoms with Gasteiger partial charge in [-0.2, -0.15) is 0 Å². The molecular weight excluding hydrogens is 356 g/mol. The predicted octanol–water partition coefficient (Wildman–Crippen LogP) is 0.409. The smallest absolute Gasteiger partial charge is 0.334 e. The zero-order valence-corrected chi connectivity index (χ0v) is 15.7. The normalized spacial score (nSPS) is 40.8. The highest BCUT2D eigenvalue weighted by atomic mass is 16.6. The van der Waals surface area contributed by atoms with Crippen LogP contribution in [0.5, 0.6) is 0 Å². The summed E-state index contributed by atoms with van der Waals surface area (Å²) >= 11 is 0. The van der Waals surface area contributed by atoms with E-state index in [0.29, 0.717) is 11.1 Å². The molecular formula is C19H24O8. The molecule has 2 N–H and O–H groups in total. The molecule has 0 aromatic carbocycles. The molecule has 0 unspecified atom stereocenters. The van der Waals surface area contributed by atoms with E-state index in [1.54, 1.807) is 6.92 Å². The summed E-state index contributed by atoms with van der Waals surface area (Å²) < 4.78 is 16.3. The van der Waals surface area contributed by atoms with Crippen LogP contribution in [-0.2, 0) is 28.6 Å². The van der Waals surface area contributed by atoms with Gasteiger partial charge in [0.05, 0.1) is 12.0 Å². The number of hydrogen-bond donors (Lipinski definition) is 2. The topological polar surface area (TPSA) is 119 Å². The van der Waals surface area contributed by atoms with Crippen molar-refractivity contribution in [2.24, 2.45) is 11.8 Å². The Morgan fingerprint density at radius 2 is 1.85 bits per heavy atom. The van der Waals surface area contributed by atoms with Crippen LogP contribution in [0.2, 0.25) is 0 Å². The second-order valence-electron chi connectivity index (χ2n) is 7.65. The summed E-state index contributed by atoms with van der Waals surface area (Å²) in [6, 6.07) is 0. The third-order valence-corrected chi connectivity index (χ3v) is 5.85. The first-order valence-electron chi connectivity index (χ1n) is 8.82. The lowest BCUT2D eigenvalue weighted by atomic mass is 9.79. The van der Waals surface area contributed by atoms with E-state index in [1.165, 1.54) is 20.8 Å². The summed E-state index contributed by atoms with van der Waals surface area (Å²) in [6.07, 6.45) is -3.94. The summed E-state index contributed by atoms with van der Waals surface area (Å²) in [5.74, 6) is -3.46. The molecule has 148 valence electrons. The molecule has 0 aromatic heterocycles. The molecule has 0 bridgehead atoms. The molecule has 1 aliphatic heterocycles. The van der Waals surface area contributed by atoms with Gasteiger partial charge in [-0.1, -0.05) is 6.58 Å². The molecule has 0 amide bonds. The van der Waals surface area contributed by atoms with Crippen molar-refractivity contribution in [2.75, 3.05) is 0 Å². The highest BCUT2D eigenvalue weighted by molar-refractivity contribution is 5.91. The summed E-state index contributed by atoms with van der Waals surface area (Å²) in [4.78, 5) is 35.7. The van der Waals surface area contributed by atoms with E-state index in [-0.39, 0.29) is 12.0 Å². The maximum atomic E-state index is 12.2. The van der Waals surface area contributed by atoms with Crippen molar-refractivity contribution in [2.45, 2.75) is 64.1 Å². The molecule has 8 heteroatoms. The van der Waals surface area contributed by atoms with Gasteiger partial charge in [0, 0.05) is 25.3 Å². The highest BCUT2D eigenvalue weighted by Crippen LogP contribution is 2.53. The molecule has 27 heavy (non-hydrogen) atoms. The predicted molar refractivity (Wildman–Crippen MR) is 91.1 cm³/mol. The molecule has 0 aromatic rings. The number of carbonyl (C=O) groups excluding carboxylic acids is 3. The Kier molecular flexibility index (Phi) is 4.68. The third-order valence-electron chi connectivity index (χ3n) is 5.85. The average molecular weight is 380 g/mol. The molecule has 0 radical (unpaired) electrons. The molecule has 3 aliphatic rings. The first-order valence-corrected chi connectivity index (χ1v) is 8.82. The first kappa shape index (κ1) is 19.6. The fraction of sp³-hybridized carbons (Fsp3) is 0.632. The fourth-order valence-electron chi connectivity index (χ4n) is 4.59. The van der Waals surface area contributed by atoms with E-state index < -0.39 is 59.8 Å². The van der Waals surface area contributed by atoms with E-state index in [4.69, 9.17) is 14.2 Å². The number of esters is 3. The van der Waals surface area contributed by atoms with Crippen LogP contribution in [0, 0.1) is 11.8 Å². The average Bonchev–Trinajstić information content (AvgIpc) is 2.98. The number of ether oxygens (including phenoxy) is 3. The highest BCUT2D eigenvalue weighted by Gasteiger charge is 2.63. The minimum atomic E-state index is -1.67. The fourth-order valence-corrected chi connectivity index (χ4v) is 4.59. The van der Waals surface area contributed by atoms with Gasteiger partial charge in [0.1, 0.15) is 11.7 Å². The van der Waals surface area contributed by atoms with E-state index >= 15 is 0 Å². The lowest BCUT2D eigenvalue weighted by molar-refractivity contribution is -0.196. The van der Waals surface area contributed by atoms with Gasteiger partial charge >= 0.3 is 17.9 Å². The van der Waals surface area contributed by atoms with E-state index in [1.807, 2.05) is 0 Å². The molecule has 0 spiro atoms. The van der Waals surface area contributed by atoms with Gasteiger partial charge in [-0.05, 0) is 31.4 Å². The van der Waals surface area contributed by atoms with Gasteiger partial charge in [-0.25, -0.2) is 4.79 Å². The quantitative estimate of drug-likeness (QED) is 0.306. The number of fused-ring (bicyclic) bond motifs is 3. The maximum absolute atomic E-state index is 12.2. The van der Waals surface area contributed by atoms with E-state index in [2.05, 4.69) is 6.58 Å². The van der Waals surface area contributed by atoms with E-state index in [9.17, 15) is 24.6 Å². The van der Waals surface area contributed by atoms with Gasteiger partial charge in [0.15, 0.2) is 12.2 Å². The molecule has 3 rings (SSSR count). The Morgan fingerprint density at radius 1 is 1.26 bits per heavy atom. The van der Waals surface area contributed by atoms with Crippen LogP contribution >= 0.6 is 0 Å². The zero-order valence-electron chi connectivity index (χ0n) is 15.7.